The van der Waals surface area contributed by atoms with Crippen LogP contribution in [-0.2, 0) is 17.6 Å². The molecule has 0 bridgehead atoms. The van der Waals surface area contributed by atoms with E-state index in [4.69, 9.17) is 13.8 Å². The van der Waals surface area contributed by atoms with Crippen molar-refractivity contribution < 1.29 is 18.6 Å². The summed E-state index contributed by atoms with van der Waals surface area (Å²) in [6, 6.07) is 1.68. The van der Waals surface area contributed by atoms with Crippen molar-refractivity contribution in [3.63, 3.8) is 0 Å². The van der Waals surface area contributed by atoms with Crippen LogP contribution in [0.15, 0.2) is 15.1 Å². The first-order chi connectivity index (χ1) is 11.6. The Labute approximate surface area is 139 Å². The van der Waals surface area contributed by atoms with Crippen LogP contribution in [0.4, 0.5) is 0 Å². The van der Waals surface area contributed by atoms with Crippen LogP contribution in [0.2, 0.25) is 0 Å². The minimum atomic E-state index is -0.267. The van der Waals surface area contributed by atoms with E-state index in [2.05, 4.69) is 34.5 Å². The molecule has 0 unspecified atom stereocenters. The first-order valence-corrected chi connectivity index (χ1v) is 8.29. The van der Waals surface area contributed by atoms with Gasteiger partial charge in [0.05, 0.1) is 0 Å². The van der Waals surface area contributed by atoms with E-state index < -0.39 is 0 Å². The number of carbonyl (C=O) groups is 1. The van der Waals surface area contributed by atoms with Crippen molar-refractivity contribution in [3.05, 3.63) is 29.2 Å². The molecule has 8 heteroatoms. The van der Waals surface area contributed by atoms with E-state index in [0.717, 1.165) is 31.6 Å². The predicted octanol–water partition coefficient (Wildman–Crippen LogP) is 2.08. The van der Waals surface area contributed by atoms with Gasteiger partial charge in [0.1, 0.15) is 11.9 Å². The van der Waals surface area contributed by atoms with Gasteiger partial charge in [-0.1, -0.05) is 24.2 Å². The average Bonchev–Trinajstić information content (AvgIpc) is 3.27. The fourth-order valence-corrected chi connectivity index (χ4v) is 2.57. The van der Waals surface area contributed by atoms with Crippen LogP contribution < -0.4 is 5.32 Å². The Morgan fingerprint density at radius 2 is 2.25 bits per heavy atom. The molecule has 130 valence electrons. The number of aromatic nitrogens is 3. The van der Waals surface area contributed by atoms with Crippen LogP contribution in [0, 0.1) is 5.92 Å². The Balaban J connectivity index is 1.45. The molecule has 2 aromatic heterocycles. The van der Waals surface area contributed by atoms with Gasteiger partial charge in [-0.05, 0) is 18.8 Å². The molecule has 1 atom stereocenters. The van der Waals surface area contributed by atoms with Gasteiger partial charge in [0.15, 0.2) is 11.5 Å². The molecule has 1 aliphatic heterocycles. The van der Waals surface area contributed by atoms with E-state index in [0.29, 0.717) is 36.3 Å². The monoisotopic (exact) mass is 334 g/mol. The molecule has 0 aliphatic carbocycles. The Morgan fingerprint density at radius 1 is 1.38 bits per heavy atom. The molecule has 8 nitrogen and oxygen atoms in total. The second-order valence-corrected chi connectivity index (χ2v) is 6.33. The van der Waals surface area contributed by atoms with Crippen LogP contribution in [0.5, 0.6) is 0 Å². The van der Waals surface area contributed by atoms with E-state index >= 15 is 0 Å². The maximum atomic E-state index is 12.0. The Morgan fingerprint density at radius 3 is 3.00 bits per heavy atom. The average molecular weight is 334 g/mol. The summed E-state index contributed by atoms with van der Waals surface area (Å²) in [6.45, 7) is 5.29. The van der Waals surface area contributed by atoms with Crippen LogP contribution in [0.1, 0.15) is 60.8 Å². The molecule has 3 rings (SSSR count). The lowest BCUT2D eigenvalue weighted by molar-refractivity contribution is 0.0835. The maximum Gasteiger partial charge on any atom is 0.273 e. The smallest absolute Gasteiger partial charge is 0.273 e. The summed E-state index contributed by atoms with van der Waals surface area (Å²) in [7, 11) is 0. The second-order valence-electron chi connectivity index (χ2n) is 6.33. The molecule has 3 heterocycles. The van der Waals surface area contributed by atoms with Crippen molar-refractivity contribution in [2.75, 3.05) is 13.2 Å². The minimum Gasteiger partial charge on any atom is -0.368 e. The van der Waals surface area contributed by atoms with Crippen molar-refractivity contribution >= 4 is 5.91 Å². The van der Waals surface area contributed by atoms with Crippen molar-refractivity contribution in [2.24, 2.45) is 5.92 Å². The SMILES string of the molecule is CC(C)Cc1cc(C(=O)NCCc2noc([C@@H]3CCCO3)n2)no1. The van der Waals surface area contributed by atoms with E-state index in [1.54, 1.807) is 6.07 Å². The number of ether oxygens (including phenoxy) is 1. The van der Waals surface area contributed by atoms with E-state index in [1.807, 2.05) is 0 Å². The lowest BCUT2D eigenvalue weighted by Gasteiger charge is -2.01. The number of carbonyl (C=O) groups excluding carboxylic acids is 1. The lowest BCUT2D eigenvalue weighted by Crippen LogP contribution is -2.26. The fourth-order valence-electron chi connectivity index (χ4n) is 2.57. The number of hydrogen-bond donors (Lipinski definition) is 1. The third-order valence-corrected chi connectivity index (χ3v) is 3.72. The van der Waals surface area contributed by atoms with Gasteiger partial charge in [0.25, 0.3) is 11.8 Å². The molecule has 1 fully saturated rings. The molecule has 1 amide bonds. The van der Waals surface area contributed by atoms with Crippen LogP contribution >= 0.6 is 0 Å². The number of hydrogen-bond acceptors (Lipinski definition) is 7. The molecule has 0 saturated carbocycles. The molecule has 1 aliphatic rings. The highest BCUT2D eigenvalue weighted by Crippen LogP contribution is 2.26. The van der Waals surface area contributed by atoms with Crippen molar-refractivity contribution in [2.45, 2.75) is 45.6 Å². The lowest BCUT2D eigenvalue weighted by atomic mass is 10.1. The Kier molecular flexibility index (Phi) is 5.24. The summed E-state index contributed by atoms with van der Waals surface area (Å²) < 4.78 is 15.9. The largest absolute Gasteiger partial charge is 0.368 e. The van der Waals surface area contributed by atoms with Gasteiger partial charge in [-0.15, -0.1) is 0 Å². The second kappa shape index (κ2) is 7.57. The topological polar surface area (TPSA) is 103 Å². The third kappa shape index (κ3) is 4.19. The summed E-state index contributed by atoms with van der Waals surface area (Å²) in [5, 5.41) is 10.5. The van der Waals surface area contributed by atoms with Crippen molar-refractivity contribution in [1.29, 1.82) is 0 Å². The zero-order valence-electron chi connectivity index (χ0n) is 13.9. The highest BCUT2D eigenvalue weighted by molar-refractivity contribution is 5.92. The van der Waals surface area contributed by atoms with Crippen LogP contribution in [0.25, 0.3) is 0 Å². The van der Waals surface area contributed by atoms with Gasteiger partial charge in [-0.2, -0.15) is 4.98 Å². The normalized spacial score (nSPS) is 17.5. The summed E-state index contributed by atoms with van der Waals surface area (Å²) >= 11 is 0. The first-order valence-electron chi connectivity index (χ1n) is 8.29. The van der Waals surface area contributed by atoms with Gasteiger partial charge in [-0.25, -0.2) is 0 Å². The van der Waals surface area contributed by atoms with Gasteiger partial charge in [-0.3, -0.25) is 4.79 Å². The summed E-state index contributed by atoms with van der Waals surface area (Å²) in [4.78, 5) is 16.3. The number of nitrogens with one attached hydrogen (secondary N) is 1. The quantitative estimate of drug-likeness (QED) is 0.826. The summed E-state index contributed by atoms with van der Waals surface area (Å²) in [6.07, 6.45) is 3.07. The van der Waals surface area contributed by atoms with E-state index in [1.165, 1.54) is 0 Å². The van der Waals surface area contributed by atoms with Crippen molar-refractivity contribution in [3.8, 4) is 0 Å². The maximum absolute atomic E-state index is 12.0. The van der Waals surface area contributed by atoms with Crippen LogP contribution in [-0.4, -0.2) is 34.4 Å². The zero-order valence-corrected chi connectivity index (χ0v) is 13.9. The van der Waals surface area contributed by atoms with E-state index in [-0.39, 0.29) is 12.0 Å². The van der Waals surface area contributed by atoms with Crippen LogP contribution in [0.3, 0.4) is 0 Å². The zero-order chi connectivity index (χ0) is 16.9. The standard InChI is InChI=1S/C16H22N4O4/c1-10(2)8-11-9-12(19-23-11)15(21)17-6-5-14-18-16(24-20-14)13-4-3-7-22-13/h9-10,13H,3-8H2,1-2H3,(H,17,21)/t13-/m0/s1. The van der Waals surface area contributed by atoms with Crippen molar-refractivity contribution in [1.82, 2.24) is 20.6 Å². The molecular weight excluding hydrogens is 312 g/mol. The number of rotatable bonds is 7. The first kappa shape index (κ1) is 16.6. The highest BCUT2D eigenvalue weighted by atomic mass is 16.5. The predicted molar refractivity (Wildman–Crippen MR) is 83.3 cm³/mol. The van der Waals surface area contributed by atoms with Gasteiger partial charge in [0, 0.05) is 32.1 Å². The number of amides is 1. The van der Waals surface area contributed by atoms with Gasteiger partial charge < -0.3 is 19.1 Å². The molecule has 1 saturated heterocycles. The third-order valence-electron chi connectivity index (χ3n) is 3.72. The molecule has 1 N–H and O–H groups in total. The summed E-state index contributed by atoms with van der Waals surface area (Å²) in [5.41, 5.74) is 0.291. The van der Waals surface area contributed by atoms with Gasteiger partial charge in [0.2, 0.25) is 0 Å². The molecular formula is C16H22N4O4. The molecule has 0 spiro atoms. The fraction of sp³-hybridized carbons (Fsp3) is 0.625. The minimum absolute atomic E-state index is 0.0876. The highest BCUT2D eigenvalue weighted by Gasteiger charge is 2.23. The molecule has 2 aromatic rings. The molecule has 0 radical (unpaired) electrons. The van der Waals surface area contributed by atoms with Gasteiger partial charge >= 0.3 is 0 Å². The molecule has 0 aromatic carbocycles. The van der Waals surface area contributed by atoms with E-state index in [9.17, 15) is 4.79 Å². The molecule has 24 heavy (non-hydrogen) atoms. The Hall–Kier alpha value is -2.22. The number of nitrogens with zero attached hydrogens (tertiary/aromatic N) is 3. The Bertz CT molecular complexity index is 673. The summed E-state index contributed by atoms with van der Waals surface area (Å²) in [5.74, 6) is 1.97.